The molecule has 1 saturated heterocycles. The van der Waals surface area contributed by atoms with Gasteiger partial charge in [0.15, 0.2) is 0 Å². The van der Waals surface area contributed by atoms with Crippen molar-refractivity contribution in [1.29, 1.82) is 0 Å². The summed E-state index contributed by atoms with van der Waals surface area (Å²) >= 11 is 0. The summed E-state index contributed by atoms with van der Waals surface area (Å²) in [5.41, 5.74) is 5.44. The Balaban J connectivity index is 1.35. The van der Waals surface area contributed by atoms with Gasteiger partial charge in [0, 0.05) is 12.0 Å². The summed E-state index contributed by atoms with van der Waals surface area (Å²) in [6, 6.07) is 19.9. The number of amides is 1. The van der Waals surface area contributed by atoms with E-state index in [1.54, 1.807) is 0 Å². The number of carbonyl (C=O) groups is 1. The van der Waals surface area contributed by atoms with Gasteiger partial charge in [-0.1, -0.05) is 60.7 Å². The third-order valence-electron chi connectivity index (χ3n) is 6.49. The van der Waals surface area contributed by atoms with Crippen LogP contribution in [0, 0.1) is 12.8 Å². The molecule has 1 saturated carbocycles. The van der Waals surface area contributed by atoms with E-state index in [-0.39, 0.29) is 5.92 Å². The molecule has 5 rings (SSSR count). The Morgan fingerprint density at radius 3 is 2.54 bits per heavy atom. The minimum Gasteiger partial charge on any atom is -0.333 e. The van der Waals surface area contributed by atoms with Crippen molar-refractivity contribution in [2.45, 2.75) is 50.6 Å². The first-order valence-corrected chi connectivity index (χ1v) is 9.86. The number of fused-ring (bicyclic) bond motifs is 2. The van der Waals surface area contributed by atoms with Crippen LogP contribution in [0.1, 0.15) is 48.3 Å². The van der Waals surface area contributed by atoms with Crippen molar-refractivity contribution in [2.24, 2.45) is 5.92 Å². The number of benzene rings is 2. The predicted octanol–water partition coefficient (Wildman–Crippen LogP) is 4.95. The van der Waals surface area contributed by atoms with Crippen molar-refractivity contribution in [2.75, 3.05) is 0 Å². The van der Waals surface area contributed by atoms with Crippen molar-refractivity contribution in [3.63, 3.8) is 0 Å². The molecule has 2 aromatic carbocycles. The minimum atomic E-state index is 0.200. The van der Waals surface area contributed by atoms with Crippen LogP contribution < -0.4 is 0 Å². The van der Waals surface area contributed by atoms with Gasteiger partial charge in [-0.2, -0.15) is 0 Å². The molecular weight excluding hydrogens is 318 g/mol. The first kappa shape index (κ1) is 15.9. The monoisotopic (exact) mass is 343 g/mol. The summed E-state index contributed by atoms with van der Waals surface area (Å²) in [6.45, 7) is 2.16. The predicted molar refractivity (Wildman–Crippen MR) is 105 cm³/mol. The Labute approximate surface area is 155 Å². The summed E-state index contributed by atoms with van der Waals surface area (Å²) in [4.78, 5) is 15.5. The summed E-state index contributed by atoms with van der Waals surface area (Å²) in [5, 5.41) is 0. The first-order chi connectivity index (χ1) is 12.7. The van der Waals surface area contributed by atoms with Crippen molar-refractivity contribution >= 4 is 11.5 Å². The number of hydrogen-bond donors (Lipinski definition) is 0. The number of carbonyl (C=O) groups excluding carboxylic acids is 1. The van der Waals surface area contributed by atoms with E-state index in [2.05, 4.69) is 72.5 Å². The van der Waals surface area contributed by atoms with Crippen molar-refractivity contribution < 1.29 is 4.79 Å². The average molecular weight is 343 g/mol. The molecule has 2 bridgehead atoms. The third kappa shape index (κ3) is 2.59. The second kappa shape index (κ2) is 6.12. The molecule has 3 aliphatic rings. The lowest BCUT2D eigenvalue weighted by molar-refractivity contribution is -0.134. The van der Waals surface area contributed by atoms with Crippen LogP contribution >= 0.6 is 0 Å². The van der Waals surface area contributed by atoms with Crippen LogP contribution in [-0.2, 0) is 4.79 Å². The molecule has 2 aromatic rings. The highest BCUT2D eigenvalue weighted by Crippen LogP contribution is 2.51. The Hall–Kier alpha value is -2.35. The molecule has 2 fully saturated rings. The van der Waals surface area contributed by atoms with Gasteiger partial charge in [-0.3, -0.25) is 4.79 Å². The molecule has 0 aromatic heterocycles. The van der Waals surface area contributed by atoms with Crippen LogP contribution in [0.4, 0.5) is 0 Å². The maximum Gasteiger partial charge on any atom is 0.227 e. The van der Waals surface area contributed by atoms with E-state index in [4.69, 9.17) is 0 Å². The first-order valence-electron chi connectivity index (χ1n) is 9.86. The number of nitrogens with zero attached hydrogens (tertiary/aromatic N) is 1. The molecule has 2 aliphatic heterocycles. The molecule has 1 amide bonds. The van der Waals surface area contributed by atoms with E-state index in [1.165, 1.54) is 22.3 Å². The van der Waals surface area contributed by atoms with Crippen LogP contribution in [0.25, 0.3) is 5.57 Å². The lowest BCUT2D eigenvalue weighted by atomic mass is 9.94. The number of aryl methyl sites for hydroxylation is 1. The van der Waals surface area contributed by atoms with Crippen LogP contribution in [0.2, 0.25) is 0 Å². The van der Waals surface area contributed by atoms with E-state index in [0.717, 1.165) is 25.7 Å². The standard InChI is InChI=1S/C24H25NO/c1-16-7-5-6-10-21(16)22-15-23(22)24(26)25-19-11-12-20(25)14-18(13-19)17-8-3-2-4-9-17/h2-10,13,19-20,22-23H,11-12,14-15H2,1H3. The fraction of sp³-hybridized carbons (Fsp3) is 0.375. The SMILES string of the molecule is Cc1ccccc1C1CC1C(=O)N1C2C=C(c3ccccc3)CC1CC2. The van der Waals surface area contributed by atoms with Gasteiger partial charge in [-0.25, -0.2) is 0 Å². The van der Waals surface area contributed by atoms with Gasteiger partial charge in [-0.05, 0) is 60.8 Å². The second-order valence-electron chi connectivity index (χ2n) is 8.11. The lowest BCUT2D eigenvalue weighted by Gasteiger charge is -2.34. The van der Waals surface area contributed by atoms with Crippen LogP contribution in [0.5, 0.6) is 0 Å². The zero-order valence-corrected chi connectivity index (χ0v) is 15.3. The van der Waals surface area contributed by atoms with E-state index >= 15 is 0 Å². The van der Waals surface area contributed by atoms with Crippen molar-refractivity contribution in [1.82, 2.24) is 4.90 Å². The Morgan fingerprint density at radius 2 is 1.77 bits per heavy atom. The largest absolute Gasteiger partial charge is 0.333 e. The van der Waals surface area contributed by atoms with Gasteiger partial charge >= 0.3 is 0 Å². The van der Waals surface area contributed by atoms with Crippen LogP contribution in [0.15, 0.2) is 60.7 Å². The fourth-order valence-electron chi connectivity index (χ4n) is 5.05. The molecule has 2 heterocycles. The van der Waals surface area contributed by atoms with Crippen molar-refractivity contribution in [3.8, 4) is 0 Å². The van der Waals surface area contributed by atoms with E-state index in [0.29, 0.717) is 23.9 Å². The molecule has 0 spiro atoms. The van der Waals surface area contributed by atoms with E-state index in [9.17, 15) is 4.79 Å². The Morgan fingerprint density at radius 1 is 1.00 bits per heavy atom. The van der Waals surface area contributed by atoms with Gasteiger partial charge in [0.25, 0.3) is 0 Å². The Bertz CT molecular complexity index is 869. The topological polar surface area (TPSA) is 20.3 Å². The zero-order valence-electron chi connectivity index (χ0n) is 15.3. The molecule has 4 atom stereocenters. The minimum absolute atomic E-state index is 0.200. The summed E-state index contributed by atoms with van der Waals surface area (Å²) < 4.78 is 0. The molecule has 1 aliphatic carbocycles. The smallest absolute Gasteiger partial charge is 0.227 e. The molecule has 0 radical (unpaired) electrons. The Kier molecular flexibility index (Phi) is 3.74. The number of rotatable bonds is 3. The van der Waals surface area contributed by atoms with Crippen LogP contribution in [0.3, 0.4) is 0 Å². The highest BCUT2D eigenvalue weighted by Gasteiger charge is 2.50. The third-order valence-corrected chi connectivity index (χ3v) is 6.49. The van der Waals surface area contributed by atoms with Gasteiger partial charge in [0.05, 0.1) is 6.04 Å². The van der Waals surface area contributed by atoms with E-state index in [1.807, 2.05) is 0 Å². The second-order valence-corrected chi connectivity index (χ2v) is 8.11. The summed E-state index contributed by atoms with van der Waals surface area (Å²) in [7, 11) is 0. The van der Waals surface area contributed by atoms with Gasteiger partial charge in [0.2, 0.25) is 5.91 Å². The maximum absolute atomic E-state index is 13.3. The summed E-state index contributed by atoms with van der Waals surface area (Å²) in [5.74, 6) is 1.03. The molecular formula is C24H25NO. The lowest BCUT2D eigenvalue weighted by Crippen LogP contribution is -2.44. The molecule has 4 unspecified atom stereocenters. The maximum atomic E-state index is 13.3. The van der Waals surface area contributed by atoms with Crippen molar-refractivity contribution in [3.05, 3.63) is 77.4 Å². The quantitative estimate of drug-likeness (QED) is 0.772. The molecule has 132 valence electrons. The van der Waals surface area contributed by atoms with Gasteiger partial charge < -0.3 is 4.90 Å². The molecule has 2 nitrogen and oxygen atoms in total. The summed E-state index contributed by atoms with van der Waals surface area (Å²) in [6.07, 6.45) is 6.66. The highest BCUT2D eigenvalue weighted by molar-refractivity contribution is 5.85. The van der Waals surface area contributed by atoms with Crippen LogP contribution in [-0.4, -0.2) is 22.9 Å². The fourth-order valence-corrected chi connectivity index (χ4v) is 5.05. The molecule has 26 heavy (non-hydrogen) atoms. The highest BCUT2D eigenvalue weighted by atomic mass is 16.2. The normalized spacial score (nSPS) is 29.4. The van der Waals surface area contributed by atoms with E-state index < -0.39 is 0 Å². The zero-order chi connectivity index (χ0) is 17.7. The van der Waals surface area contributed by atoms with Gasteiger partial charge in [-0.15, -0.1) is 0 Å². The molecule has 0 N–H and O–H groups in total. The number of hydrogen-bond acceptors (Lipinski definition) is 1. The average Bonchev–Trinajstić information content (AvgIpc) is 3.42. The van der Waals surface area contributed by atoms with Gasteiger partial charge in [0.1, 0.15) is 0 Å². The molecule has 2 heteroatoms.